The molecule has 0 saturated heterocycles. The summed E-state index contributed by atoms with van der Waals surface area (Å²) in [5.41, 5.74) is 1.95. The van der Waals surface area contributed by atoms with E-state index in [1.165, 1.54) is 11.3 Å². The molecule has 0 aliphatic rings. The molecule has 7 nitrogen and oxygen atoms in total. The zero-order chi connectivity index (χ0) is 14.9. The van der Waals surface area contributed by atoms with E-state index in [0.29, 0.717) is 11.3 Å². The van der Waals surface area contributed by atoms with Gasteiger partial charge in [0, 0.05) is 17.5 Å². The van der Waals surface area contributed by atoms with E-state index < -0.39 is 20.6 Å². The second-order valence-corrected chi connectivity index (χ2v) is 8.25. The molecule has 0 fully saturated rings. The number of thiophene rings is 1. The summed E-state index contributed by atoms with van der Waals surface area (Å²) < 4.78 is 26.1. The van der Waals surface area contributed by atoms with E-state index in [4.69, 9.17) is 11.6 Å². The number of nitrogens with zero attached hydrogens (tertiary/aromatic N) is 2. The van der Waals surface area contributed by atoms with Crippen LogP contribution in [-0.4, -0.2) is 18.3 Å². The van der Waals surface area contributed by atoms with Gasteiger partial charge in [0.05, 0.1) is 16.1 Å². The SMILES string of the molecule is Cc1ncsc1CNS(=O)(=O)c1cc([N+](=O)[O-])c(Cl)s1. The molecule has 108 valence electrons. The summed E-state index contributed by atoms with van der Waals surface area (Å²) in [4.78, 5) is 14.7. The lowest BCUT2D eigenvalue weighted by atomic mass is 10.4. The van der Waals surface area contributed by atoms with Gasteiger partial charge < -0.3 is 0 Å². The lowest BCUT2D eigenvalue weighted by Crippen LogP contribution is -2.22. The number of hydrogen-bond acceptors (Lipinski definition) is 7. The summed E-state index contributed by atoms with van der Waals surface area (Å²) in [7, 11) is -3.83. The van der Waals surface area contributed by atoms with Crippen LogP contribution in [0.1, 0.15) is 10.6 Å². The highest BCUT2D eigenvalue weighted by atomic mass is 35.5. The Bertz CT molecular complexity index is 752. The third-order valence-electron chi connectivity index (χ3n) is 2.38. The largest absolute Gasteiger partial charge is 0.300 e. The van der Waals surface area contributed by atoms with Gasteiger partial charge in [-0.15, -0.1) is 22.7 Å². The van der Waals surface area contributed by atoms with Crippen LogP contribution >= 0.6 is 34.3 Å². The molecule has 0 saturated carbocycles. The summed E-state index contributed by atoms with van der Waals surface area (Å²) in [6.45, 7) is 1.86. The fraction of sp³-hybridized carbons (Fsp3) is 0.222. The predicted molar refractivity (Wildman–Crippen MR) is 76.9 cm³/mol. The van der Waals surface area contributed by atoms with Crippen LogP contribution in [0.5, 0.6) is 0 Å². The first-order chi connectivity index (χ1) is 9.31. The molecule has 2 aromatic rings. The average molecular weight is 354 g/mol. The molecule has 0 aromatic carbocycles. The number of halogens is 1. The lowest BCUT2D eigenvalue weighted by molar-refractivity contribution is -0.384. The molecule has 2 aromatic heterocycles. The fourth-order valence-electron chi connectivity index (χ4n) is 1.32. The fourth-order valence-corrected chi connectivity index (χ4v) is 4.84. The van der Waals surface area contributed by atoms with Crippen LogP contribution < -0.4 is 4.72 Å². The molecule has 0 aliphatic carbocycles. The van der Waals surface area contributed by atoms with E-state index in [0.717, 1.165) is 16.6 Å². The molecule has 11 heteroatoms. The summed E-state index contributed by atoms with van der Waals surface area (Å²) in [5.74, 6) is 0. The monoisotopic (exact) mass is 353 g/mol. The van der Waals surface area contributed by atoms with Crippen LogP contribution in [0.3, 0.4) is 0 Å². The van der Waals surface area contributed by atoms with Gasteiger partial charge >= 0.3 is 0 Å². The van der Waals surface area contributed by atoms with Crippen LogP contribution in [0.4, 0.5) is 5.69 Å². The molecule has 1 N–H and O–H groups in total. The van der Waals surface area contributed by atoms with Gasteiger partial charge in [-0.05, 0) is 6.92 Å². The van der Waals surface area contributed by atoms with E-state index in [9.17, 15) is 18.5 Å². The molecule has 2 rings (SSSR count). The molecule has 2 heterocycles. The highest BCUT2D eigenvalue weighted by Gasteiger charge is 2.25. The second-order valence-electron chi connectivity index (χ2n) is 3.67. The summed E-state index contributed by atoms with van der Waals surface area (Å²) >= 11 is 7.63. The Labute approximate surface area is 127 Å². The van der Waals surface area contributed by atoms with Crippen molar-refractivity contribution >= 4 is 50.0 Å². The van der Waals surface area contributed by atoms with Crippen molar-refractivity contribution in [2.45, 2.75) is 17.7 Å². The first kappa shape index (κ1) is 15.3. The summed E-state index contributed by atoms with van der Waals surface area (Å²) in [6.07, 6.45) is 0. The average Bonchev–Trinajstić information content (AvgIpc) is 2.93. The lowest BCUT2D eigenvalue weighted by Gasteiger charge is -2.02. The van der Waals surface area contributed by atoms with Crippen LogP contribution in [-0.2, 0) is 16.6 Å². The van der Waals surface area contributed by atoms with E-state index in [2.05, 4.69) is 9.71 Å². The van der Waals surface area contributed by atoms with Gasteiger partial charge in [0.25, 0.3) is 15.7 Å². The van der Waals surface area contributed by atoms with Crippen molar-refractivity contribution in [3.05, 3.63) is 36.6 Å². The van der Waals surface area contributed by atoms with E-state index in [1.807, 2.05) is 0 Å². The molecular formula is C9H8ClN3O4S3. The van der Waals surface area contributed by atoms with Gasteiger partial charge in [-0.3, -0.25) is 10.1 Å². The number of rotatable bonds is 5. The van der Waals surface area contributed by atoms with Gasteiger partial charge in [0.15, 0.2) is 4.34 Å². The van der Waals surface area contributed by atoms with E-state index in [-0.39, 0.29) is 15.1 Å². The minimum Gasteiger partial charge on any atom is -0.258 e. The van der Waals surface area contributed by atoms with Crippen molar-refractivity contribution in [1.29, 1.82) is 0 Å². The Kier molecular flexibility index (Phi) is 4.39. The van der Waals surface area contributed by atoms with Crippen molar-refractivity contribution in [3.8, 4) is 0 Å². The summed E-state index contributed by atoms with van der Waals surface area (Å²) in [5, 5.41) is 10.7. The third kappa shape index (κ3) is 3.15. The molecule has 0 spiro atoms. The predicted octanol–water partition coefficient (Wildman–Crippen LogP) is 2.55. The molecule has 0 bridgehead atoms. The topological polar surface area (TPSA) is 102 Å². The molecule has 0 radical (unpaired) electrons. The molecule has 0 amide bonds. The van der Waals surface area contributed by atoms with Crippen LogP contribution in [0.25, 0.3) is 0 Å². The van der Waals surface area contributed by atoms with E-state index >= 15 is 0 Å². The van der Waals surface area contributed by atoms with Gasteiger partial charge in [-0.2, -0.15) is 0 Å². The highest BCUT2D eigenvalue weighted by molar-refractivity contribution is 7.91. The van der Waals surface area contributed by atoms with Gasteiger partial charge in [-0.25, -0.2) is 18.1 Å². The van der Waals surface area contributed by atoms with Crippen molar-refractivity contribution in [2.24, 2.45) is 0 Å². The zero-order valence-corrected chi connectivity index (χ0v) is 13.2. The van der Waals surface area contributed by atoms with Crippen molar-refractivity contribution in [1.82, 2.24) is 9.71 Å². The Morgan fingerprint density at radius 1 is 1.55 bits per heavy atom. The number of sulfonamides is 1. The van der Waals surface area contributed by atoms with Crippen molar-refractivity contribution in [3.63, 3.8) is 0 Å². The quantitative estimate of drug-likeness (QED) is 0.657. The molecule has 20 heavy (non-hydrogen) atoms. The van der Waals surface area contributed by atoms with Crippen molar-refractivity contribution in [2.75, 3.05) is 0 Å². The minimum atomic E-state index is -3.83. The number of aromatic nitrogens is 1. The number of nitro groups is 1. The molecular weight excluding hydrogens is 346 g/mol. The minimum absolute atomic E-state index is 0.0855. The number of thiazole rings is 1. The van der Waals surface area contributed by atoms with Crippen LogP contribution in [0.15, 0.2) is 15.8 Å². The number of nitrogens with one attached hydrogen (secondary N) is 1. The standard InChI is InChI=1S/C9H8ClN3O4S3/c1-5-7(18-4-11-5)3-12-20(16,17)8-2-6(13(14)15)9(10)19-8/h2,4,12H,3H2,1H3. The zero-order valence-electron chi connectivity index (χ0n) is 9.99. The molecule has 0 aliphatic heterocycles. The maximum atomic E-state index is 12.0. The van der Waals surface area contributed by atoms with E-state index in [1.54, 1.807) is 12.4 Å². The molecule has 0 atom stereocenters. The maximum absolute atomic E-state index is 12.0. The Balaban J connectivity index is 2.20. The first-order valence-electron chi connectivity index (χ1n) is 5.13. The number of hydrogen-bond donors (Lipinski definition) is 1. The van der Waals surface area contributed by atoms with Gasteiger partial charge in [-0.1, -0.05) is 11.6 Å². The van der Waals surface area contributed by atoms with Crippen molar-refractivity contribution < 1.29 is 13.3 Å². The summed E-state index contributed by atoms with van der Waals surface area (Å²) in [6, 6.07) is 0.953. The molecule has 0 unspecified atom stereocenters. The number of aryl methyl sites for hydroxylation is 1. The van der Waals surface area contributed by atoms with Crippen LogP contribution in [0, 0.1) is 17.0 Å². The third-order valence-corrected chi connectivity index (χ3v) is 6.52. The first-order valence-corrected chi connectivity index (χ1v) is 8.69. The second kappa shape index (κ2) is 5.74. The Morgan fingerprint density at radius 2 is 2.25 bits per heavy atom. The van der Waals surface area contributed by atoms with Crippen LogP contribution in [0.2, 0.25) is 4.34 Å². The Morgan fingerprint density at radius 3 is 2.75 bits per heavy atom. The smallest absolute Gasteiger partial charge is 0.258 e. The van der Waals surface area contributed by atoms with Gasteiger partial charge in [0.2, 0.25) is 0 Å². The Hall–Kier alpha value is -1.07. The maximum Gasteiger partial charge on any atom is 0.300 e. The highest BCUT2D eigenvalue weighted by Crippen LogP contribution is 2.36. The van der Waals surface area contributed by atoms with Gasteiger partial charge in [0.1, 0.15) is 4.21 Å². The normalized spacial score (nSPS) is 11.7.